The summed E-state index contributed by atoms with van der Waals surface area (Å²) in [6.07, 6.45) is 1.47. The van der Waals surface area contributed by atoms with Gasteiger partial charge in [-0.2, -0.15) is 11.8 Å². The van der Waals surface area contributed by atoms with Crippen molar-refractivity contribution in [1.82, 2.24) is 4.90 Å². The molecule has 1 heterocycles. The van der Waals surface area contributed by atoms with Crippen LogP contribution < -0.4 is 0 Å². The SMILES string of the molecule is CC1CC1CN1CCSCC1(C)C. The Balaban J connectivity index is 1.88. The van der Waals surface area contributed by atoms with Gasteiger partial charge in [-0.05, 0) is 32.1 Å². The molecule has 2 unspecified atom stereocenters. The van der Waals surface area contributed by atoms with Crippen LogP contribution in [0.2, 0.25) is 0 Å². The van der Waals surface area contributed by atoms with Gasteiger partial charge in [0.15, 0.2) is 0 Å². The Hall–Kier alpha value is 0.310. The van der Waals surface area contributed by atoms with Crippen molar-refractivity contribution in [3.63, 3.8) is 0 Å². The van der Waals surface area contributed by atoms with Crippen molar-refractivity contribution in [3.8, 4) is 0 Å². The molecule has 1 aliphatic carbocycles. The molecule has 0 bridgehead atoms. The maximum absolute atomic E-state index is 2.71. The van der Waals surface area contributed by atoms with Crippen LogP contribution in [-0.2, 0) is 0 Å². The molecule has 1 aliphatic heterocycles. The third-order valence-electron chi connectivity index (χ3n) is 3.55. The number of nitrogens with zero attached hydrogens (tertiary/aromatic N) is 1. The first kappa shape index (κ1) is 9.85. The third kappa shape index (κ3) is 2.21. The summed E-state index contributed by atoms with van der Waals surface area (Å²) in [7, 11) is 0. The largest absolute Gasteiger partial charge is 0.296 e. The van der Waals surface area contributed by atoms with Crippen LogP contribution in [0.1, 0.15) is 27.2 Å². The summed E-state index contributed by atoms with van der Waals surface area (Å²) in [6.45, 7) is 9.84. The molecule has 2 atom stereocenters. The molecule has 2 aliphatic rings. The van der Waals surface area contributed by atoms with E-state index in [4.69, 9.17) is 0 Å². The summed E-state index contributed by atoms with van der Waals surface area (Å²) in [5.41, 5.74) is 0.450. The van der Waals surface area contributed by atoms with E-state index in [-0.39, 0.29) is 0 Å². The third-order valence-corrected chi connectivity index (χ3v) is 4.93. The lowest BCUT2D eigenvalue weighted by molar-refractivity contribution is 0.136. The maximum atomic E-state index is 2.71. The molecule has 0 N–H and O–H groups in total. The topological polar surface area (TPSA) is 3.24 Å². The van der Waals surface area contributed by atoms with Crippen molar-refractivity contribution in [1.29, 1.82) is 0 Å². The molecule has 1 saturated carbocycles. The van der Waals surface area contributed by atoms with Gasteiger partial charge in [0.1, 0.15) is 0 Å². The molecule has 0 spiro atoms. The van der Waals surface area contributed by atoms with E-state index in [1.807, 2.05) is 0 Å². The van der Waals surface area contributed by atoms with Gasteiger partial charge in [0, 0.05) is 30.1 Å². The van der Waals surface area contributed by atoms with Gasteiger partial charge in [0.25, 0.3) is 0 Å². The van der Waals surface area contributed by atoms with Crippen molar-refractivity contribution in [2.75, 3.05) is 24.6 Å². The summed E-state index contributed by atoms with van der Waals surface area (Å²) in [5, 5.41) is 0. The van der Waals surface area contributed by atoms with Gasteiger partial charge >= 0.3 is 0 Å². The Bertz CT molecular complexity index is 191. The summed E-state index contributed by atoms with van der Waals surface area (Å²) >= 11 is 2.11. The molecule has 0 aromatic rings. The fourth-order valence-corrected chi connectivity index (χ4v) is 3.34. The van der Waals surface area contributed by atoms with E-state index in [1.54, 1.807) is 0 Å². The standard InChI is InChI=1S/C11H21NS/c1-9-6-10(9)7-12-4-5-13-8-11(12,2)3/h9-10H,4-8H2,1-3H3. The molecule has 2 fully saturated rings. The van der Waals surface area contributed by atoms with Gasteiger partial charge < -0.3 is 0 Å². The minimum atomic E-state index is 0.450. The normalized spacial score (nSPS) is 39.0. The van der Waals surface area contributed by atoms with Crippen LogP contribution in [0, 0.1) is 11.8 Å². The summed E-state index contributed by atoms with van der Waals surface area (Å²) in [4.78, 5) is 2.71. The lowest BCUT2D eigenvalue weighted by atomic mass is 10.0. The second-order valence-electron chi connectivity index (χ2n) is 5.28. The Labute approximate surface area is 86.3 Å². The fourth-order valence-electron chi connectivity index (χ4n) is 2.17. The highest BCUT2D eigenvalue weighted by Gasteiger charge is 2.38. The van der Waals surface area contributed by atoms with Gasteiger partial charge in [-0.3, -0.25) is 4.90 Å². The second kappa shape index (κ2) is 3.47. The highest BCUT2D eigenvalue weighted by atomic mass is 32.2. The molecule has 0 aromatic carbocycles. The quantitative estimate of drug-likeness (QED) is 0.672. The van der Waals surface area contributed by atoms with Crippen LogP contribution in [0.5, 0.6) is 0 Å². The molecule has 1 saturated heterocycles. The number of thioether (sulfide) groups is 1. The van der Waals surface area contributed by atoms with Gasteiger partial charge in [-0.1, -0.05) is 6.92 Å². The average Bonchev–Trinajstić information content (AvgIpc) is 2.71. The number of hydrogen-bond donors (Lipinski definition) is 0. The Morgan fingerprint density at radius 1 is 1.46 bits per heavy atom. The fraction of sp³-hybridized carbons (Fsp3) is 1.00. The number of hydrogen-bond acceptors (Lipinski definition) is 2. The first-order valence-corrected chi connectivity index (χ1v) is 6.58. The predicted octanol–water partition coefficient (Wildman–Crippen LogP) is 2.47. The number of rotatable bonds is 2. The molecule has 13 heavy (non-hydrogen) atoms. The lowest BCUT2D eigenvalue weighted by Crippen LogP contribution is -2.51. The highest BCUT2D eigenvalue weighted by molar-refractivity contribution is 7.99. The van der Waals surface area contributed by atoms with Crippen LogP contribution in [0.3, 0.4) is 0 Å². The zero-order valence-electron chi connectivity index (χ0n) is 9.05. The summed E-state index contributed by atoms with van der Waals surface area (Å²) in [5.74, 6) is 4.67. The summed E-state index contributed by atoms with van der Waals surface area (Å²) < 4.78 is 0. The molecule has 0 aromatic heterocycles. The van der Waals surface area contributed by atoms with Crippen LogP contribution in [0.4, 0.5) is 0 Å². The van der Waals surface area contributed by atoms with Crippen molar-refractivity contribution in [2.24, 2.45) is 11.8 Å². The van der Waals surface area contributed by atoms with E-state index in [0.29, 0.717) is 5.54 Å². The Kier molecular flexibility index (Phi) is 2.63. The van der Waals surface area contributed by atoms with Crippen molar-refractivity contribution in [3.05, 3.63) is 0 Å². The van der Waals surface area contributed by atoms with Crippen molar-refractivity contribution < 1.29 is 0 Å². The van der Waals surface area contributed by atoms with Crippen LogP contribution >= 0.6 is 11.8 Å². The predicted molar refractivity (Wildman–Crippen MR) is 60.2 cm³/mol. The summed E-state index contributed by atoms with van der Waals surface area (Å²) in [6, 6.07) is 0. The first-order valence-electron chi connectivity index (χ1n) is 5.42. The van der Waals surface area contributed by atoms with Crippen molar-refractivity contribution in [2.45, 2.75) is 32.7 Å². The minimum absolute atomic E-state index is 0.450. The molecule has 0 radical (unpaired) electrons. The molecule has 2 rings (SSSR count). The Morgan fingerprint density at radius 3 is 2.69 bits per heavy atom. The molecule has 2 heteroatoms. The Morgan fingerprint density at radius 2 is 2.15 bits per heavy atom. The van der Waals surface area contributed by atoms with Gasteiger partial charge in [-0.25, -0.2) is 0 Å². The van der Waals surface area contributed by atoms with Crippen LogP contribution in [0.25, 0.3) is 0 Å². The van der Waals surface area contributed by atoms with E-state index in [9.17, 15) is 0 Å². The van der Waals surface area contributed by atoms with Crippen LogP contribution in [-0.4, -0.2) is 35.0 Å². The van der Waals surface area contributed by atoms with Crippen LogP contribution in [0.15, 0.2) is 0 Å². The molecular formula is C11H21NS. The smallest absolute Gasteiger partial charge is 0.0244 e. The monoisotopic (exact) mass is 199 g/mol. The zero-order chi connectivity index (χ0) is 9.47. The zero-order valence-corrected chi connectivity index (χ0v) is 9.86. The molecule has 0 amide bonds. The molecular weight excluding hydrogens is 178 g/mol. The minimum Gasteiger partial charge on any atom is -0.296 e. The van der Waals surface area contributed by atoms with E-state index in [0.717, 1.165) is 11.8 Å². The van der Waals surface area contributed by atoms with Gasteiger partial charge in [0.05, 0.1) is 0 Å². The van der Waals surface area contributed by atoms with Crippen molar-refractivity contribution >= 4 is 11.8 Å². The van der Waals surface area contributed by atoms with E-state index >= 15 is 0 Å². The first-order chi connectivity index (χ1) is 6.09. The second-order valence-corrected chi connectivity index (χ2v) is 6.39. The van der Waals surface area contributed by atoms with E-state index in [2.05, 4.69) is 37.4 Å². The average molecular weight is 199 g/mol. The van der Waals surface area contributed by atoms with Gasteiger partial charge in [0.2, 0.25) is 0 Å². The highest BCUT2D eigenvalue weighted by Crippen LogP contribution is 2.40. The molecule has 76 valence electrons. The van der Waals surface area contributed by atoms with Gasteiger partial charge in [-0.15, -0.1) is 0 Å². The van der Waals surface area contributed by atoms with E-state index in [1.165, 1.54) is 31.0 Å². The molecule has 1 nitrogen and oxygen atoms in total. The lowest BCUT2D eigenvalue weighted by Gasteiger charge is -2.42. The van der Waals surface area contributed by atoms with E-state index < -0.39 is 0 Å². The maximum Gasteiger partial charge on any atom is 0.0244 e.